The second-order valence-corrected chi connectivity index (χ2v) is 9.89. The molecule has 2 aromatic rings. The molecule has 0 fully saturated rings. The number of thiocarbonyl (C=S) groups is 1. The number of hydrogen-bond donors (Lipinski definition) is 3. The fourth-order valence-corrected chi connectivity index (χ4v) is 4.38. The molecular weight excluding hydrogens is 416 g/mol. The van der Waals surface area contributed by atoms with E-state index in [-0.39, 0.29) is 5.54 Å². The Hall–Kier alpha value is -2.77. The second kappa shape index (κ2) is 9.00. The molecule has 7 heteroatoms. The van der Waals surface area contributed by atoms with Crippen molar-refractivity contribution in [3.8, 4) is 11.3 Å². The van der Waals surface area contributed by atoms with Crippen LogP contribution in [0.2, 0.25) is 0 Å². The van der Waals surface area contributed by atoms with Crippen molar-refractivity contribution in [3.63, 3.8) is 0 Å². The van der Waals surface area contributed by atoms with Gasteiger partial charge in [0.2, 0.25) is 5.95 Å². The Morgan fingerprint density at radius 2 is 2.03 bits per heavy atom. The second-order valence-electron chi connectivity index (χ2n) is 9.40. The van der Waals surface area contributed by atoms with Gasteiger partial charge in [-0.2, -0.15) is 0 Å². The van der Waals surface area contributed by atoms with Crippen LogP contribution in [0.4, 0.5) is 11.6 Å². The molecule has 0 unspecified atom stereocenters. The number of aromatic nitrogens is 2. The Kier molecular flexibility index (Phi) is 6.31. The van der Waals surface area contributed by atoms with Crippen molar-refractivity contribution in [1.82, 2.24) is 20.2 Å². The van der Waals surface area contributed by atoms with Crippen molar-refractivity contribution in [2.75, 3.05) is 31.3 Å². The first-order valence-electron chi connectivity index (χ1n) is 11.1. The number of rotatable bonds is 6. The molecule has 4 rings (SSSR count). The number of anilines is 2. The zero-order chi connectivity index (χ0) is 22.9. The van der Waals surface area contributed by atoms with Gasteiger partial charge in [0, 0.05) is 40.8 Å². The number of benzene rings is 1. The van der Waals surface area contributed by atoms with Crippen molar-refractivity contribution in [2.24, 2.45) is 0 Å². The molecule has 32 heavy (non-hydrogen) atoms. The zero-order valence-corrected chi connectivity index (χ0v) is 20.4. The molecule has 3 N–H and O–H groups in total. The Morgan fingerprint density at radius 1 is 1.22 bits per heavy atom. The summed E-state index contributed by atoms with van der Waals surface area (Å²) in [5.74, 6) is 0.591. The third-order valence-electron chi connectivity index (χ3n) is 5.82. The van der Waals surface area contributed by atoms with Crippen LogP contribution in [-0.4, -0.2) is 46.0 Å². The molecule has 1 aromatic carbocycles. The van der Waals surface area contributed by atoms with Crippen molar-refractivity contribution in [3.05, 3.63) is 59.1 Å². The van der Waals surface area contributed by atoms with E-state index < -0.39 is 0 Å². The van der Waals surface area contributed by atoms with Gasteiger partial charge in [0.25, 0.3) is 0 Å². The van der Waals surface area contributed by atoms with Crippen LogP contribution in [0.3, 0.4) is 0 Å². The molecule has 0 amide bonds. The van der Waals surface area contributed by atoms with Crippen LogP contribution in [0, 0.1) is 6.92 Å². The minimum Gasteiger partial charge on any atom is -0.378 e. The largest absolute Gasteiger partial charge is 0.378 e. The summed E-state index contributed by atoms with van der Waals surface area (Å²) in [5, 5.41) is 10.5. The molecule has 3 heterocycles. The van der Waals surface area contributed by atoms with Gasteiger partial charge in [-0.05, 0) is 78.0 Å². The van der Waals surface area contributed by atoms with Crippen molar-refractivity contribution in [1.29, 1.82) is 0 Å². The molecule has 1 aromatic heterocycles. The summed E-state index contributed by atoms with van der Waals surface area (Å²) in [6, 6.07) is 6.33. The Bertz CT molecular complexity index is 1100. The van der Waals surface area contributed by atoms with Crippen LogP contribution in [0.5, 0.6) is 0 Å². The summed E-state index contributed by atoms with van der Waals surface area (Å²) in [5.41, 5.74) is 7.26. The number of nitrogens with zero attached hydrogens (tertiary/aromatic N) is 3. The molecular formula is C25H32N6S. The van der Waals surface area contributed by atoms with Gasteiger partial charge in [-0.3, -0.25) is 0 Å². The number of nitrogens with one attached hydrogen (secondary N) is 3. The SMILES string of the molecule is Cc1ccc2c(c1)NC(=S)Cc1cnc(NC3=CC=C(CCCN(C)C)NC3(C)C)nc1-2. The lowest BCUT2D eigenvalue weighted by molar-refractivity contribution is 0.393. The van der Waals surface area contributed by atoms with E-state index in [0.717, 1.165) is 52.6 Å². The number of fused-ring (bicyclic) bond motifs is 3. The van der Waals surface area contributed by atoms with E-state index in [2.05, 4.69) is 91.1 Å². The lowest BCUT2D eigenvalue weighted by Gasteiger charge is -2.35. The number of dihydropyridines is 1. The quantitative estimate of drug-likeness (QED) is 0.556. The first kappa shape index (κ1) is 22.4. The van der Waals surface area contributed by atoms with E-state index in [4.69, 9.17) is 17.2 Å². The average molecular weight is 449 g/mol. The average Bonchev–Trinajstić information content (AvgIpc) is 2.84. The standard InChI is InChI=1S/C25H32N6S/c1-16-8-10-19-20(13-16)27-22(32)14-17-15-26-24(29-23(17)19)28-21-11-9-18(30-25(21,2)3)7-6-12-31(4)5/h8-11,13,15,30H,6-7,12,14H2,1-5H3,(H,27,32)(H,26,28,29). The van der Waals surface area contributed by atoms with Gasteiger partial charge in [-0.25, -0.2) is 9.97 Å². The fourth-order valence-electron chi connectivity index (χ4n) is 4.12. The first-order chi connectivity index (χ1) is 15.2. The van der Waals surface area contributed by atoms with Crippen LogP contribution in [-0.2, 0) is 6.42 Å². The lowest BCUT2D eigenvalue weighted by Crippen LogP contribution is -2.44. The van der Waals surface area contributed by atoms with Gasteiger partial charge in [-0.15, -0.1) is 0 Å². The summed E-state index contributed by atoms with van der Waals surface area (Å²) in [6.45, 7) is 7.51. The minimum atomic E-state index is -0.240. The van der Waals surface area contributed by atoms with Crippen LogP contribution in [0.15, 0.2) is 47.9 Å². The van der Waals surface area contributed by atoms with Crippen molar-refractivity contribution >= 4 is 28.8 Å². The highest BCUT2D eigenvalue weighted by molar-refractivity contribution is 7.80. The van der Waals surface area contributed by atoms with Gasteiger partial charge in [0.15, 0.2) is 0 Å². The van der Waals surface area contributed by atoms with Crippen LogP contribution < -0.4 is 16.0 Å². The summed E-state index contributed by atoms with van der Waals surface area (Å²) in [6.07, 6.45) is 8.98. The predicted molar refractivity (Wildman–Crippen MR) is 137 cm³/mol. The maximum atomic E-state index is 5.53. The molecule has 0 spiro atoms. The Labute approximate surface area is 196 Å². The molecule has 0 saturated heterocycles. The summed E-state index contributed by atoms with van der Waals surface area (Å²) >= 11 is 5.53. The zero-order valence-electron chi connectivity index (χ0n) is 19.5. The number of allylic oxidation sites excluding steroid dienone is 3. The molecule has 0 aliphatic carbocycles. The molecule has 2 aliphatic heterocycles. The van der Waals surface area contributed by atoms with Gasteiger partial charge in [0.1, 0.15) is 0 Å². The van der Waals surface area contributed by atoms with Crippen LogP contribution >= 0.6 is 12.2 Å². The van der Waals surface area contributed by atoms with Gasteiger partial charge in [0.05, 0.1) is 16.2 Å². The number of aryl methyl sites for hydroxylation is 1. The normalized spacial score (nSPS) is 16.8. The Balaban J connectivity index is 1.60. The Morgan fingerprint density at radius 3 is 2.78 bits per heavy atom. The molecule has 2 aliphatic rings. The first-order valence-corrected chi connectivity index (χ1v) is 11.5. The summed E-state index contributed by atoms with van der Waals surface area (Å²) < 4.78 is 0. The highest BCUT2D eigenvalue weighted by Gasteiger charge is 2.27. The third kappa shape index (κ3) is 5.00. The molecule has 0 radical (unpaired) electrons. The van der Waals surface area contributed by atoms with Crippen LogP contribution in [0.1, 0.15) is 37.8 Å². The van der Waals surface area contributed by atoms with E-state index in [0.29, 0.717) is 12.4 Å². The predicted octanol–water partition coefficient (Wildman–Crippen LogP) is 4.65. The fraction of sp³-hybridized carbons (Fsp3) is 0.400. The molecule has 0 saturated carbocycles. The summed E-state index contributed by atoms with van der Waals surface area (Å²) in [7, 11) is 4.22. The highest BCUT2D eigenvalue weighted by atomic mass is 32.1. The van der Waals surface area contributed by atoms with E-state index in [1.54, 1.807) is 0 Å². The smallest absolute Gasteiger partial charge is 0.227 e. The number of hydrogen-bond acceptors (Lipinski definition) is 6. The molecule has 0 atom stereocenters. The van der Waals surface area contributed by atoms with Crippen molar-refractivity contribution in [2.45, 2.75) is 45.6 Å². The topological polar surface area (TPSA) is 65.1 Å². The monoisotopic (exact) mass is 448 g/mol. The molecule has 0 bridgehead atoms. The van der Waals surface area contributed by atoms with E-state index >= 15 is 0 Å². The van der Waals surface area contributed by atoms with E-state index in [1.807, 2.05) is 6.20 Å². The molecule has 6 nitrogen and oxygen atoms in total. The van der Waals surface area contributed by atoms with Gasteiger partial charge < -0.3 is 20.9 Å². The lowest BCUT2D eigenvalue weighted by atomic mass is 9.95. The van der Waals surface area contributed by atoms with Gasteiger partial charge in [-0.1, -0.05) is 24.4 Å². The van der Waals surface area contributed by atoms with E-state index in [9.17, 15) is 0 Å². The minimum absolute atomic E-state index is 0.240. The highest BCUT2D eigenvalue weighted by Crippen LogP contribution is 2.34. The third-order valence-corrected chi connectivity index (χ3v) is 6.06. The van der Waals surface area contributed by atoms with Crippen LogP contribution in [0.25, 0.3) is 11.3 Å². The maximum absolute atomic E-state index is 5.53. The van der Waals surface area contributed by atoms with Crippen molar-refractivity contribution < 1.29 is 0 Å². The summed E-state index contributed by atoms with van der Waals surface area (Å²) in [4.78, 5) is 12.5. The van der Waals surface area contributed by atoms with Gasteiger partial charge >= 0.3 is 0 Å². The van der Waals surface area contributed by atoms with E-state index in [1.165, 1.54) is 11.3 Å². The maximum Gasteiger partial charge on any atom is 0.227 e. The molecule has 168 valence electrons.